The predicted molar refractivity (Wildman–Crippen MR) is 50.9 cm³/mol. The van der Waals surface area contributed by atoms with E-state index in [1.54, 1.807) is 0 Å². The first-order chi connectivity index (χ1) is 5.70. The highest BCUT2D eigenvalue weighted by molar-refractivity contribution is 7.71. The van der Waals surface area contributed by atoms with Gasteiger partial charge in [0.15, 0.2) is 5.82 Å². The SMILES string of the molecule is CCC(CC)c1n[nH]c(=S)n1N. The lowest BCUT2D eigenvalue weighted by molar-refractivity contribution is 0.583. The number of aromatic amines is 1. The van der Waals surface area contributed by atoms with Gasteiger partial charge in [0.1, 0.15) is 0 Å². The molecule has 0 aliphatic carbocycles. The Morgan fingerprint density at radius 2 is 2.17 bits per heavy atom. The summed E-state index contributed by atoms with van der Waals surface area (Å²) in [5, 5.41) is 6.75. The van der Waals surface area contributed by atoms with Crippen molar-refractivity contribution in [3.63, 3.8) is 0 Å². The smallest absolute Gasteiger partial charge is 0.214 e. The van der Waals surface area contributed by atoms with E-state index in [2.05, 4.69) is 24.0 Å². The van der Waals surface area contributed by atoms with E-state index in [4.69, 9.17) is 18.1 Å². The van der Waals surface area contributed by atoms with Crippen LogP contribution in [-0.4, -0.2) is 14.9 Å². The summed E-state index contributed by atoms with van der Waals surface area (Å²) in [7, 11) is 0. The third-order valence-corrected chi connectivity index (χ3v) is 2.37. The Labute approximate surface area is 76.8 Å². The molecule has 1 rings (SSSR count). The number of hydrogen-bond donors (Lipinski definition) is 2. The van der Waals surface area contributed by atoms with Crippen LogP contribution in [0.5, 0.6) is 0 Å². The number of H-pyrrole nitrogens is 1. The second-order valence-corrected chi connectivity index (χ2v) is 3.16. The Morgan fingerprint density at radius 3 is 2.50 bits per heavy atom. The van der Waals surface area contributed by atoms with Crippen LogP contribution in [0.3, 0.4) is 0 Å². The first-order valence-electron chi connectivity index (χ1n) is 4.13. The van der Waals surface area contributed by atoms with Gasteiger partial charge in [-0.3, -0.25) is 5.10 Å². The summed E-state index contributed by atoms with van der Waals surface area (Å²) < 4.78 is 1.93. The Bertz CT molecular complexity index is 297. The van der Waals surface area contributed by atoms with Crippen molar-refractivity contribution in [2.24, 2.45) is 0 Å². The predicted octanol–water partition coefficient (Wildman–Crippen LogP) is 1.56. The molecule has 0 unspecified atom stereocenters. The third kappa shape index (κ3) is 1.50. The first kappa shape index (κ1) is 9.25. The van der Waals surface area contributed by atoms with Gasteiger partial charge in [0.05, 0.1) is 0 Å². The van der Waals surface area contributed by atoms with Crippen LogP contribution in [0.1, 0.15) is 38.4 Å². The number of nitrogen functional groups attached to an aromatic ring is 1. The van der Waals surface area contributed by atoms with Gasteiger partial charge in [0.25, 0.3) is 0 Å². The fourth-order valence-electron chi connectivity index (χ4n) is 1.26. The summed E-state index contributed by atoms with van der Waals surface area (Å²) in [6.45, 7) is 4.23. The number of nitrogens with one attached hydrogen (secondary N) is 1. The van der Waals surface area contributed by atoms with Gasteiger partial charge in [0, 0.05) is 5.92 Å². The van der Waals surface area contributed by atoms with Crippen molar-refractivity contribution in [3.8, 4) is 0 Å². The average molecular weight is 186 g/mol. The third-order valence-electron chi connectivity index (χ3n) is 2.08. The second-order valence-electron chi connectivity index (χ2n) is 2.77. The minimum absolute atomic E-state index is 0.406. The summed E-state index contributed by atoms with van der Waals surface area (Å²) in [6, 6.07) is 0. The summed E-state index contributed by atoms with van der Waals surface area (Å²) in [5.41, 5.74) is 0. The molecule has 12 heavy (non-hydrogen) atoms. The van der Waals surface area contributed by atoms with Crippen molar-refractivity contribution < 1.29 is 0 Å². The maximum Gasteiger partial charge on any atom is 0.214 e. The molecule has 0 saturated heterocycles. The van der Waals surface area contributed by atoms with Crippen molar-refractivity contribution in [1.82, 2.24) is 14.9 Å². The number of nitrogens with two attached hydrogens (primary N) is 1. The lowest BCUT2D eigenvalue weighted by Crippen LogP contribution is -2.15. The molecule has 1 heterocycles. The van der Waals surface area contributed by atoms with Gasteiger partial charge in [-0.25, -0.2) is 4.68 Å². The van der Waals surface area contributed by atoms with Crippen LogP contribution < -0.4 is 5.84 Å². The van der Waals surface area contributed by atoms with Crippen LogP contribution in [0, 0.1) is 4.77 Å². The van der Waals surface area contributed by atoms with Gasteiger partial charge in [-0.05, 0) is 25.1 Å². The molecular formula is C7H14N4S. The van der Waals surface area contributed by atoms with Crippen molar-refractivity contribution in [1.29, 1.82) is 0 Å². The van der Waals surface area contributed by atoms with Crippen molar-refractivity contribution >= 4 is 12.2 Å². The molecule has 0 bridgehead atoms. The molecule has 0 spiro atoms. The lowest BCUT2D eigenvalue weighted by Gasteiger charge is -2.09. The fraction of sp³-hybridized carbons (Fsp3) is 0.714. The maximum absolute atomic E-state index is 5.67. The van der Waals surface area contributed by atoms with E-state index in [1.165, 1.54) is 4.68 Å². The van der Waals surface area contributed by atoms with E-state index in [0.717, 1.165) is 18.7 Å². The van der Waals surface area contributed by atoms with Gasteiger partial charge in [-0.15, -0.1) is 0 Å². The van der Waals surface area contributed by atoms with E-state index in [-0.39, 0.29) is 0 Å². The van der Waals surface area contributed by atoms with Gasteiger partial charge in [-0.2, -0.15) is 5.10 Å². The molecule has 0 aromatic carbocycles. The topological polar surface area (TPSA) is 59.6 Å². The molecule has 0 atom stereocenters. The first-order valence-corrected chi connectivity index (χ1v) is 4.53. The van der Waals surface area contributed by atoms with Crippen LogP contribution in [0.25, 0.3) is 0 Å². The Kier molecular flexibility index (Phi) is 2.86. The monoisotopic (exact) mass is 186 g/mol. The standard InChI is InChI=1S/C7H14N4S/c1-3-5(4-2)6-9-10-7(12)11(6)8/h5H,3-4,8H2,1-2H3,(H,10,12). The van der Waals surface area contributed by atoms with Crippen LogP contribution >= 0.6 is 12.2 Å². The van der Waals surface area contributed by atoms with Crippen molar-refractivity contribution in [2.45, 2.75) is 32.6 Å². The number of rotatable bonds is 3. The minimum Gasteiger partial charge on any atom is -0.335 e. The van der Waals surface area contributed by atoms with Gasteiger partial charge < -0.3 is 5.84 Å². The molecule has 68 valence electrons. The van der Waals surface area contributed by atoms with Crippen LogP contribution in [0.15, 0.2) is 0 Å². The van der Waals surface area contributed by atoms with Crippen LogP contribution in [-0.2, 0) is 0 Å². The molecule has 0 amide bonds. The highest BCUT2D eigenvalue weighted by atomic mass is 32.1. The van der Waals surface area contributed by atoms with Gasteiger partial charge in [0.2, 0.25) is 4.77 Å². The van der Waals surface area contributed by atoms with E-state index < -0.39 is 0 Å². The Morgan fingerprint density at radius 1 is 1.58 bits per heavy atom. The summed E-state index contributed by atoms with van der Waals surface area (Å²) in [4.78, 5) is 0. The molecule has 0 aliphatic rings. The fourth-order valence-corrected chi connectivity index (χ4v) is 1.40. The number of nitrogens with zero attached hydrogens (tertiary/aromatic N) is 2. The average Bonchev–Trinajstić information content (AvgIpc) is 2.38. The molecule has 0 fully saturated rings. The molecule has 5 heteroatoms. The van der Waals surface area contributed by atoms with E-state index >= 15 is 0 Å². The zero-order valence-electron chi connectivity index (χ0n) is 7.37. The van der Waals surface area contributed by atoms with E-state index in [0.29, 0.717) is 10.7 Å². The molecule has 4 nitrogen and oxygen atoms in total. The molecule has 0 radical (unpaired) electrons. The molecule has 1 aromatic heterocycles. The molecule has 3 N–H and O–H groups in total. The summed E-state index contributed by atoms with van der Waals surface area (Å²) in [5.74, 6) is 6.93. The highest BCUT2D eigenvalue weighted by Gasteiger charge is 2.13. The highest BCUT2D eigenvalue weighted by Crippen LogP contribution is 2.19. The van der Waals surface area contributed by atoms with Gasteiger partial charge >= 0.3 is 0 Å². The normalized spacial score (nSPS) is 10.9. The maximum atomic E-state index is 5.67. The number of aromatic nitrogens is 3. The van der Waals surface area contributed by atoms with Crippen LogP contribution in [0.2, 0.25) is 0 Å². The quantitative estimate of drug-likeness (QED) is 0.556. The number of hydrogen-bond acceptors (Lipinski definition) is 3. The van der Waals surface area contributed by atoms with Gasteiger partial charge in [-0.1, -0.05) is 13.8 Å². The minimum atomic E-state index is 0.406. The largest absolute Gasteiger partial charge is 0.335 e. The zero-order chi connectivity index (χ0) is 9.14. The van der Waals surface area contributed by atoms with E-state index in [9.17, 15) is 0 Å². The van der Waals surface area contributed by atoms with Crippen molar-refractivity contribution in [2.75, 3.05) is 5.84 Å². The Hall–Kier alpha value is -0.840. The summed E-state index contributed by atoms with van der Waals surface area (Å²) in [6.07, 6.45) is 2.07. The zero-order valence-corrected chi connectivity index (χ0v) is 8.19. The van der Waals surface area contributed by atoms with E-state index in [1.807, 2.05) is 0 Å². The second kappa shape index (κ2) is 3.71. The summed E-state index contributed by atoms with van der Waals surface area (Å²) >= 11 is 4.91. The molecular weight excluding hydrogens is 172 g/mol. The molecule has 0 saturated carbocycles. The molecule has 1 aromatic rings. The molecule has 0 aliphatic heterocycles. The van der Waals surface area contributed by atoms with Crippen LogP contribution in [0.4, 0.5) is 0 Å². The van der Waals surface area contributed by atoms with Crippen molar-refractivity contribution in [3.05, 3.63) is 10.6 Å². The lowest BCUT2D eigenvalue weighted by atomic mass is 10.0. The Balaban J connectivity index is 3.01.